The van der Waals surface area contributed by atoms with Gasteiger partial charge in [-0.2, -0.15) is 13.2 Å². The van der Waals surface area contributed by atoms with Crippen LogP contribution < -0.4 is 4.74 Å². The summed E-state index contributed by atoms with van der Waals surface area (Å²) in [5.41, 5.74) is 3.03. The van der Waals surface area contributed by atoms with Gasteiger partial charge in [0.25, 0.3) is 0 Å². The van der Waals surface area contributed by atoms with Crippen molar-refractivity contribution in [1.29, 1.82) is 0 Å². The first kappa shape index (κ1) is 25.5. The van der Waals surface area contributed by atoms with E-state index >= 15 is 0 Å². The van der Waals surface area contributed by atoms with Crippen LogP contribution in [-0.2, 0) is 22.3 Å². The lowest BCUT2D eigenvalue weighted by Crippen LogP contribution is -2.39. The summed E-state index contributed by atoms with van der Waals surface area (Å²) < 4.78 is 50.3. The smallest absolute Gasteiger partial charge is 0.416 e. The predicted octanol–water partition coefficient (Wildman–Crippen LogP) is 6.61. The van der Waals surface area contributed by atoms with Gasteiger partial charge in [0.2, 0.25) is 5.88 Å². The fraction of sp³-hybridized carbons (Fsp3) is 0.200. The highest BCUT2D eigenvalue weighted by Crippen LogP contribution is 2.33. The summed E-state index contributed by atoms with van der Waals surface area (Å²) >= 11 is 0. The number of aromatic nitrogens is 4. The SMILES string of the molecule is O=C(OCc1ccccc1)[C@H]1C[C@@H](Oc2ccc(-c3ccc(-c4nc5cc(C(F)(F)F)ccc5[nH]4)cn3)cn2)C1. The number of benzene rings is 2. The molecule has 1 aliphatic rings. The zero-order valence-electron chi connectivity index (χ0n) is 21.1. The number of aromatic amines is 1. The molecule has 0 amide bonds. The van der Waals surface area contributed by atoms with Crippen molar-refractivity contribution in [3.05, 3.63) is 96.3 Å². The van der Waals surface area contributed by atoms with Crippen LogP contribution in [0.5, 0.6) is 5.88 Å². The second kappa shape index (κ2) is 10.4. The summed E-state index contributed by atoms with van der Waals surface area (Å²) in [6.45, 7) is 0.265. The average molecular weight is 545 g/mol. The third-order valence-corrected chi connectivity index (χ3v) is 6.82. The minimum atomic E-state index is -4.43. The van der Waals surface area contributed by atoms with Crippen molar-refractivity contribution in [1.82, 2.24) is 19.9 Å². The number of halogens is 3. The average Bonchev–Trinajstić information content (AvgIpc) is 3.38. The zero-order valence-corrected chi connectivity index (χ0v) is 21.1. The number of ether oxygens (including phenoxy) is 2. The first-order valence-electron chi connectivity index (χ1n) is 12.7. The Labute approximate surface area is 227 Å². The van der Waals surface area contributed by atoms with Crippen molar-refractivity contribution >= 4 is 17.0 Å². The highest BCUT2D eigenvalue weighted by Gasteiger charge is 2.37. The van der Waals surface area contributed by atoms with Crippen LogP contribution in [-0.4, -0.2) is 32.0 Å². The van der Waals surface area contributed by atoms with Gasteiger partial charge in [0.15, 0.2) is 0 Å². The Bertz CT molecular complexity index is 1630. The van der Waals surface area contributed by atoms with Crippen LogP contribution >= 0.6 is 0 Å². The van der Waals surface area contributed by atoms with Gasteiger partial charge in [-0.3, -0.25) is 9.78 Å². The summed E-state index contributed by atoms with van der Waals surface area (Å²) in [6.07, 6.45) is -0.100. The molecule has 2 aromatic carbocycles. The molecule has 1 N–H and O–H groups in total. The topological polar surface area (TPSA) is 90.0 Å². The predicted molar refractivity (Wildman–Crippen MR) is 141 cm³/mol. The Morgan fingerprint density at radius 2 is 1.70 bits per heavy atom. The first-order valence-corrected chi connectivity index (χ1v) is 12.7. The number of alkyl halides is 3. The normalized spacial score (nSPS) is 16.9. The first-order chi connectivity index (χ1) is 19.3. The van der Waals surface area contributed by atoms with Crippen LogP contribution in [0.1, 0.15) is 24.0 Å². The third-order valence-electron chi connectivity index (χ3n) is 6.82. The van der Waals surface area contributed by atoms with E-state index in [0.29, 0.717) is 41.3 Å². The minimum absolute atomic E-state index is 0.0962. The molecule has 0 atom stereocenters. The van der Waals surface area contributed by atoms with Gasteiger partial charge < -0.3 is 14.5 Å². The number of carbonyl (C=O) groups excluding carboxylic acids is 1. The highest BCUT2D eigenvalue weighted by atomic mass is 19.4. The maximum Gasteiger partial charge on any atom is 0.416 e. The Balaban J connectivity index is 1.03. The van der Waals surface area contributed by atoms with E-state index in [4.69, 9.17) is 9.47 Å². The number of pyridine rings is 2. The molecule has 1 aliphatic carbocycles. The van der Waals surface area contributed by atoms with E-state index in [1.165, 1.54) is 6.07 Å². The molecule has 0 bridgehead atoms. The van der Waals surface area contributed by atoms with Gasteiger partial charge in [-0.1, -0.05) is 30.3 Å². The maximum absolute atomic E-state index is 13.0. The van der Waals surface area contributed by atoms with E-state index in [9.17, 15) is 18.0 Å². The van der Waals surface area contributed by atoms with E-state index < -0.39 is 11.7 Å². The summed E-state index contributed by atoms with van der Waals surface area (Å²) in [5.74, 6) is 0.504. The number of fused-ring (bicyclic) bond motifs is 1. The van der Waals surface area contributed by atoms with Crippen molar-refractivity contribution in [3.8, 4) is 28.5 Å². The Morgan fingerprint density at radius 1 is 0.925 bits per heavy atom. The molecule has 202 valence electrons. The second-order valence-corrected chi connectivity index (χ2v) is 9.63. The van der Waals surface area contributed by atoms with Gasteiger partial charge in [0, 0.05) is 29.6 Å². The van der Waals surface area contributed by atoms with Gasteiger partial charge in [-0.15, -0.1) is 0 Å². The van der Waals surface area contributed by atoms with E-state index in [1.54, 1.807) is 30.6 Å². The van der Waals surface area contributed by atoms with Crippen molar-refractivity contribution in [2.75, 3.05) is 0 Å². The molecule has 5 aromatic rings. The van der Waals surface area contributed by atoms with Gasteiger partial charge in [-0.25, -0.2) is 9.97 Å². The molecule has 0 saturated heterocycles. The number of H-pyrrole nitrogens is 1. The summed E-state index contributed by atoms with van der Waals surface area (Å²) in [6, 6.07) is 20.1. The second-order valence-electron chi connectivity index (χ2n) is 9.63. The molecular weight excluding hydrogens is 521 g/mol. The number of nitrogens with one attached hydrogen (secondary N) is 1. The molecule has 40 heavy (non-hydrogen) atoms. The lowest BCUT2D eigenvalue weighted by molar-refractivity contribution is -0.156. The molecule has 3 heterocycles. The van der Waals surface area contributed by atoms with Crippen molar-refractivity contribution in [2.45, 2.75) is 31.7 Å². The number of rotatable bonds is 7. The van der Waals surface area contributed by atoms with Crippen LogP contribution in [0.4, 0.5) is 13.2 Å². The molecule has 6 rings (SSSR count). The van der Waals surface area contributed by atoms with Crippen LogP contribution in [0, 0.1) is 5.92 Å². The molecule has 0 unspecified atom stereocenters. The monoisotopic (exact) mass is 544 g/mol. The van der Waals surface area contributed by atoms with Gasteiger partial charge >= 0.3 is 12.1 Å². The highest BCUT2D eigenvalue weighted by molar-refractivity contribution is 5.80. The fourth-order valence-electron chi connectivity index (χ4n) is 4.50. The quantitative estimate of drug-likeness (QED) is 0.232. The van der Waals surface area contributed by atoms with Crippen molar-refractivity contribution in [3.63, 3.8) is 0 Å². The molecule has 1 saturated carbocycles. The minimum Gasteiger partial charge on any atom is -0.474 e. The number of carbonyl (C=O) groups is 1. The van der Waals surface area contributed by atoms with E-state index in [0.717, 1.165) is 23.3 Å². The van der Waals surface area contributed by atoms with Crippen LogP contribution in [0.15, 0.2) is 85.2 Å². The van der Waals surface area contributed by atoms with Gasteiger partial charge in [-0.05, 0) is 54.8 Å². The third kappa shape index (κ3) is 5.51. The summed E-state index contributed by atoms with van der Waals surface area (Å²) in [5, 5.41) is 0. The molecule has 7 nitrogen and oxygen atoms in total. The summed E-state index contributed by atoms with van der Waals surface area (Å²) in [4.78, 5) is 28.4. The van der Waals surface area contributed by atoms with E-state index in [2.05, 4.69) is 19.9 Å². The number of nitrogens with zero attached hydrogens (tertiary/aromatic N) is 3. The molecule has 0 aliphatic heterocycles. The molecule has 1 fully saturated rings. The van der Waals surface area contributed by atoms with Crippen LogP contribution in [0.25, 0.3) is 33.7 Å². The number of esters is 1. The van der Waals surface area contributed by atoms with Crippen LogP contribution in [0.3, 0.4) is 0 Å². The van der Waals surface area contributed by atoms with E-state index in [-0.39, 0.29) is 30.1 Å². The van der Waals surface area contributed by atoms with Gasteiger partial charge in [0.05, 0.1) is 28.2 Å². The Hall–Kier alpha value is -4.73. The van der Waals surface area contributed by atoms with E-state index in [1.807, 2.05) is 36.4 Å². The number of imidazole rings is 1. The number of hydrogen-bond acceptors (Lipinski definition) is 6. The lowest BCUT2D eigenvalue weighted by Gasteiger charge is -2.33. The number of hydrogen-bond donors (Lipinski definition) is 1. The van der Waals surface area contributed by atoms with Crippen molar-refractivity contribution < 1.29 is 27.4 Å². The molecular formula is C30H23F3N4O3. The summed E-state index contributed by atoms with van der Waals surface area (Å²) in [7, 11) is 0. The fourth-order valence-corrected chi connectivity index (χ4v) is 4.50. The largest absolute Gasteiger partial charge is 0.474 e. The molecule has 0 radical (unpaired) electrons. The lowest BCUT2D eigenvalue weighted by atomic mass is 9.82. The van der Waals surface area contributed by atoms with Crippen molar-refractivity contribution in [2.24, 2.45) is 5.92 Å². The Kier molecular flexibility index (Phi) is 6.67. The molecule has 10 heteroatoms. The maximum atomic E-state index is 13.0. The standard InChI is InChI=1S/C30H23F3N4O3/c31-30(32,33)22-8-10-25-26(14-22)37-28(36-25)20-6-9-24(34-16-20)19-7-11-27(35-15-19)40-23-12-21(13-23)29(38)39-17-18-4-2-1-3-5-18/h1-11,14-16,21,23H,12-13,17H2,(H,36,37)/t21-,23+. The Morgan fingerprint density at radius 3 is 2.40 bits per heavy atom. The van der Waals surface area contributed by atoms with Crippen LogP contribution in [0.2, 0.25) is 0 Å². The molecule has 3 aromatic heterocycles. The molecule has 0 spiro atoms. The zero-order chi connectivity index (χ0) is 27.7. The van der Waals surface area contributed by atoms with Gasteiger partial charge in [0.1, 0.15) is 18.5 Å².